The lowest BCUT2D eigenvalue weighted by Gasteiger charge is -2.07. The van der Waals surface area contributed by atoms with Gasteiger partial charge in [0.05, 0.1) is 0 Å². The Balaban J connectivity index is 2.23. The maximum absolute atomic E-state index is 13.3. The van der Waals surface area contributed by atoms with Crippen molar-refractivity contribution in [3.8, 4) is 0 Å². The van der Waals surface area contributed by atoms with Gasteiger partial charge in [0.25, 0.3) is 0 Å². The topological polar surface area (TPSA) is 21.3 Å². The van der Waals surface area contributed by atoms with Gasteiger partial charge in [-0.15, -0.1) is 0 Å². The molecular weight excluding hydrogens is 205 g/mol. The summed E-state index contributed by atoms with van der Waals surface area (Å²) in [5.74, 6) is -0.136. The van der Waals surface area contributed by atoms with Gasteiger partial charge in [-0.05, 0) is 32.9 Å². The second-order valence-electron chi connectivity index (χ2n) is 3.82. The second-order valence-corrected chi connectivity index (χ2v) is 3.82. The van der Waals surface area contributed by atoms with E-state index in [9.17, 15) is 4.39 Å². The van der Waals surface area contributed by atoms with Gasteiger partial charge in [-0.1, -0.05) is 17.7 Å². The van der Waals surface area contributed by atoms with E-state index in [0.29, 0.717) is 6.54 Å². The van der Waals surface area contributed by atoms with Gasteiger partial charge in [0, 0.05) is 25.3 Å². The van der Waals surface area contributed by atoms with Gasteiger partial charge in [-0.3, -0.25) is 0 Å². The Bertz CT molecular complexity index is 315. The smallest absolute Gasteiger partial charge is 0.127 e. The standard InChI is InChI=1S/C13H20FNO/c1-3-16-8-4-7-15-10-12-9-11(2)5-6-13(12)14/h5-6,9,15H,3-4,7-8,10H2,1-2H3. The van der Waals surface area contributed by atoms with Gasteiger partial charge in [-0.2, -0.15) is 0 Å². The Morgan fingerprint density at radius 3 is 2.94 bits per heavy atom. The lowest BCUT2D eigenvalue weighted by Crippen LogP contribution is -2.17. The van der Waals surface area contributed by atoms with Crippen LogP contribution in [-0.2, 0) is 11.3 Å². The first-order chi connectivity index (χ1) is 7.74. The highest BCUT2D eigenvalue weighted by atomic mass is 19.1. The molecule has 0 aliphatic carbocycles. The van der Waals surface area contributed by atoms with E-state index in [4.69, 9.17) is 4.74 Å². The molecule has 1 N–H and O–H groups in total. The van der Waals surface area contributed by atoms with Crippen LogP contribution in [0.1, 0.15) is 24.5 Å². The summed E-state index contributed by atoms with van der Waals surface area (Å²) in [6, 6.07) is 5.19. The monoisotopic (exact) mass is 225 g/mol. The van der Waals surface area contributed by atoms with Crippen LogP contribution in [0, 0.1) is 12.7 Å². The number of hydrogen-bond acceptors (Lipinski definition) is 2. The summed E-state index contributed by atoms with van der Waals surface area (Å²) < 4.78 is 18.5. The summed E-state index contributed by atoms with van der Waals surface area (Å²) >= 11 is 0. The van der Waals surface area contributed by atoms with E-state index in [1.165, 1.54) is 6.07 Å². The van der Waals surface area contributed by atoms with Crippen LogP contribution in [-0.4, -0.2) is 19.8 Å². The first-order valence-corrected chi connectivity index (χ1v) is 5.77. The van der Waals surface area contributed by atoms with Crippen molar-refractivity contribution in [2.45, 2.75) is 26.8 Å². The van der Waals surface area contributed by atoms with Crippen molar-refractivity contribution in [3.05, 3.63) is 35.1 Å². The van der Waals surface area contributed by atoms with E-state index in [1.54, 1.807) is 6.07 Å². The molecule has 0 aliphatic heterocycles. The molecule has 2 nitrogen and oxygen atoms in total. The van der Waals surface area contributed by atoms with Crippen molar-refractivity contribution < 1.29 is 9.13 Å². The average Bonchev–Trinajstić information content (AvgIpc) is 2.28. The molecule has 0 amide bonds. The number of benzene rings is 1. The third kappa shape index (κ3) is 4.73. The van der Waals surface area contributed by atoms with E-state index >= 15 is 0 Å². The van der Waals surface area contributed by atoms with Crippen LogP contribution in [0.15, 0.2) is 18.2 Å². The maximum atomic E-state index is 13.3. The predicted octanol–water partition coefficient (Wildman–Crippen LogP) is 2.65. The van der Waals surface area contributed by atoms with Crippen LogP contribution in [0.3, 0.4) is 0 Å². The van der Waals surface area contributed by atoms with Crippen LogP contribution in [0.25, 0.3) is 0 Å². The van der Waals surface area contributed by atoms with Gasteiger partial charge in [-0.25, -0.2) is 4.39 Å². The van der Waals surface area contributed by atoms with Gasteiger partial charge >= 0.3 is 0 Å². The van der Waals surface area contributed by atoms with Crippen molar-refractivity contribution in [3.63, 3.8) is 0 Å². The SMILES string of the molecule is CCOCCCNCc1cc(C)ccc1F. The third-order valence-electron chi connectivity index (χ3n) is 2.36. The van der Waals surface area contributed by atoms with Crippen molar-refractivity contribution in [2.75, 3.05) is 19.8 Å². The van der Waals surface area contributed by atoms with Crippen LogP contribution >= 0.6 is 0 Å². The summed E-state index contributed by atoms with van der Waals surface area (Å²) in [5.41, 5.74) is 1.82. The van der Waals surface area contributed by atoms with Gasteiger partial charge in [0.2, 0.25) is 0 Å². The molecular formula is C13H20FNO. The number of ether oxygens (including phenoxy) is 1. The Kier molecular flexibility index (Phi) is 6.04. The molecule has 0 aromatic heterocycles. The van der Waals surface area contributed by atoms with Crippen molar-refractivity contribution in [1.82, 2.24) is 5.32 Å². The molecule has 0 unspecified atom stereocenters. The average molecular weight is 225 g/mol. The highest BCUT2D eigenvalue weighted by molar-refractivity contribution is 5.23. The molecule has 0 radical (unpaired) electrons. The number of nitrogens with one attached hydrogen (secondary N) is 1. The molecule has 0 bridgehead atoms. The number of hydrogen-bond donors (Lipinski definition) is 1. The minimum atomic E-state index is -0.136. The van der Waals surface area contributed by atoms with Gasteiger partial charge in [0.1, 0.15) is 5.82 Å². The molecule has 0 saturated heterocycles. The largest absolute Gasteiger partial charge is 0.382 e. The van der Waals surface area contributed by atoms with Gasteiger partial charge < -0.3 is 10.1 Å². The summed E-state index contributed by atoms with van der Waals surface area (Å²) in [4.78, 5) is 0. The molecule has 1 aromatic rings. The Morgan fingerprint density at radius 2 is 2.19 bits per heavy atom. The summed E-state index contributed by atoms with van der Waals surface area (Å²) in [6.45, 7) is 6.91. The van der Waals surface area contributed by atoms with Crippen LogP contribution in [0.5, 0.6) is 0 Å². The molecule has 0 spiro atoms. The number of rotatable bonds is 7. The Hall–Kier alpha value is -0.930. The molecule has 0 fully saturated rings. The number of aryl methyl sites for hydroxylation is 1. The zero-order valence-electron chi connectivity index (χ0n) is 10.1. The molecule has 1 aromatic carbocycles. The van der Waals surface area contributed by atoms with E-state index in [-0.39, 0.29) is 5.82 Å². The van der Waals surface area contributed by atoms with Crippen LogP contribution in [0.4, 0.5) is 4.39 Å². The predicted molar refractivity (Wildman–Crippen MR) is 64.0 cm³/mol. The van der Waals surface area contributed by atoms with Gasteiger partial charge in [0.15, 0.2) is 0 Å². The van der Waals surface area contributed by atoms with Crippen LogP contribution < -0.4 is 5.32 Å². The molecule has 3 heteroatoms. The molecule has 0 aliphatic rings. The summed E-state index contributed by atoms with van der Waals surface area (Å²) in [6.07, 6.45) is 0.960. The zero-order valence-corrected chi connectivity index (χ0v) is 10.1. The minimum absolute atomic E-state index is 0.136. The Morgan fingerprint density at radius 1 is 1.38 bits per heavy atom. The van der Waals surface area contributed by atoms with Crippen molar-refractivity contribution in [2.24, 2.45) is 0 Å². The van der Waals surface area contributed by atoms with E-state index in [2.05, 4.69) is 5.32 Å². The first-order valence-electron chi connectivity index (χ1n) is 5.77. The fraction of sp³-hybridized carbons (Fsp3) is 0.538. The van der Waals surface area contributed by atoms with Crippen molar-refractivity contribution >= 4 is 0 Å². The molecule has 0 atom stereocenters. The highest BCUT2D eigenvalue weighted by Crippen LogP contribution is 2.09. The van der Waals surface area contributed by atoms with E-state index in [1.807, 2.05) is 19.9 Å². The fourth-order valence-electron chi connectivity index (χ4n) is 1.51. The number of halogens is 1. The molecule has 1 rings (SSSR count). The minimum Gasteiger partial charge on any atom is -0.382 e. The lowest BCUT2D eigenvalue weighted by atomic mass is 10.1. The molecule has 16 heavy (non-hydrogen) atoms. The zero-order chi connectivity index (χ0) is 11.8. The summed E-state index contributed by atoms with van der Waals surface area (Å²) in [7, 11) is 0. The van der Waals surface area contributed by atoms with Crippen molar-refractivity contribution in [1.29, 1.82) is 0 Å². The molecule has 0 heterocycles. The quantitative estimate of drug-likeness (QED) is 0.720. The van der Waals surface area contributed by atoms with Crippen LogP contribution in [0.2, 0.25) is 0 Å². The highest BCUT2D eigenvalue weighted by Gasteiger charge is 2.01. The maximum Gasteiger partial charge on any atom is 0.127 e. The van der Waals surface area contributed by atoms with E-state index in [0.717, 1.165) is 37.3 Å². The second kappa shape index (κ2) is 7.36. The molecule has 90 valence electrons. The lowest BCUT2D eigenvalue weighted by molar-refractivity contribution is 0.144. The summed E-state index contributed by atoms with van der Waals surface area (Å²) in [5, 5.41) is 3.21. The first kappa shape index (κ1) is 13.1. The van der Waals surface area contributed by atoms with E-state index < -0.39 is 0 Å². The molecule has 0 saturated carbocycles. The normalized spacial score (nSPS) is 10.7. The fourth-order valence-corrected chi connectivity index (χ4v) is 1.51. The third-order valence-corrected chi connectivity index (χ3v) is 2.36. The Labute approximate surface area is 96.8 Å².